The van der Waals surface area contributed by atoms with Crippen LogP contribution in [0.2, 0.25) is 0 Å². The van der Waals surface area contributed by atoms with Gasteiger partial charge in [0.05, 0.1) is 6.54 Å². The number of amides is 2. The topological polar surface area (TPSA) is 69.7 Å². The number of piperidine rings is 1. The van der Waals surface area contributed by atoms with Gasteiger partial charge < -0.3 is 10.2 Å². The van der Waals surface area contributed by atoms with E-state index in [2.05, 4.69) is 35.9 Å². The first-order chi connectivity index (χ1) is 15.0. The van der Waals surface area contributed by atoms with Crippen molar-refractivity contribution in [3.8, 4) is 0 Å². The summed E-state index contributed by atoms with van der Waals surface area (Å²) in [4.78, 5) is 41.3. The van der Waals surface area contributed by atoms with Gasteiger partial charge in [-0.3, -0.25) is 19.3 Å². The number of Topliss-reactive ketones (excluding diaryl/α,β-unsaturated/α-hetero) is 1. The number of nitrogens with zero attached hydrogens (tertiary/aromatic N) is 2. The molecule has 32 heavy (non-hydrogen) atoms. The smallest absolute Gasteiger partial charge is 0.254 e. The highest BCUT2D eigenvalue weighted by atomic mass is 16.2. The molecular weight excluding hydrogens is 402 g/mol. The average Bonchev–Trinajstić information content (AvgIpc) is 2.97. The third-order valence-electron chi connectivity index (χ3n) is 7.62. The number of likely N-dealkylation sites (tertiary alicyclic amines) is 2. The maximum absolute atomic E-state index is 13.2. The van der Waals surface area contributed by atoms with Crippen molar-refractivity contribution >= 4 is 23.3 Å². The number of benzene rings is 1. The van der Waals surface area contributed by atoms with E-state index >= 15 is 0 Å². The molecule has 4 rings (SSSR count). The van der Waals surface area contributed by atoms with E-state index in [4.69, 9.17) is 0 Å². The first-order valence-electron chi connectivity index (χ1n) is 12.0. The zero-order valence-electron chi connectivity index (χ0n) is 19.9. The van der Waals surface area contributed by atoms with Crippen LogP contribution in [0.3, 0.4) is 0 Å². The molecule has 174 valence electrons. The summed E-state index contributed by atoms with van der Waals surface area (Å²) in [6, 6.07) is 7.61. The number of hydrogen-bond acceptors (Lipinski definition) is 4. The molecule has 2 aliphatic heterocycles. The lowest BCUT2D eigenvalue weighted by Gasteiger charge is -2.39. The molecule has 0 aromatic heterocycles. The monoisotopic (exact) mass is 439 g/mol. The molecule has 3 fully saturated rings. The summed E-state index contributed by atoms with van der Waals surface area (Å²) < 4.78 is 0. The van der Waals surface area contributed by atoms with Gasteiger partial charge in [-0.05, 0) is 87.2 Å². The Morgan fingerprint density at radius 1 is 1.03 bits per heavy atom. The summed E-state index contributed by atoms with van der Waals surface area (Å²) >= 11 is 0. The summed E-state index contributed by atoms with van der Waals surface area (Å²) in [5.74, 6) is 0.429. The number of ketones is 1. The first-order valence-corrected chi connectivity index (χ1v) is 12.0. The number of carbonyl (C=O) groups is 3. The number of rotatable bonds is 5. The molecule has 1 aromatic rings. The fourth-order valence-electron chi connectivity index (χ4n) is 6.46. The second kappa shape index (κ2) is 8.62. The van der Waals surface area contributed by atoms with E-state index in [0.29, 0.717) is 23.8 Å². The molecule has 1 N–H and O–H groups in total. The number of anilines is 1. The van der Waals surface area contributed by atoms with Gasteiger partial charge in [-0.15, -0.1) is 0 Å². The van der Waals surface area contributed by atoms with E-state index in [0.717, 1.165) is 51.7 Å². The molecule has 0 spiro atoms. The number of carbonyl (C=O) groups excluding carboxylic acids is 3. The van der Waals surface area contributed by atoms with Gasteiger partial charge in [0.25, 0.3) is 5.91 Å². The molecule has 2 bridgehead atoms. The van der Waals surface area contributed by atoms with Crippen molar-refractivity contribution in [3.05, 3.63) is 29.8 Å². The predicted octanol–water partition coefficient (Wildman–Crippen LogP) is 3.97. The molecule has 3 aliphatic rings. The molecule has 6 heteroatoms. The van der Waals surface area contributed by atoms with Gasteiger partial charge in [-0.25, -0.2) is 0 Å². The maximum atomic E-state index is 13.2. The van der Waals surface area contributed by atoms with Crippen molar-refractivity contribution in [3.63, 3.8) is 0 Å². The van der Waals surface area contributed by atoms with Crippen LogP contribution in [0, 0.1) is 16.7 Å². The number of fused-ring (bicyclic) bond motifs is 2. The van der Waals surface area contributed by atoms with E-state index < -0.39 is 0 Å². The van der Waals surface area contributed by atoms with E-state index in [1.54, 1.807) is 6.92 Å². The lowest BCUT2D eigenvalue weighted by atomic mass is 9.65. The summed E-state index contributed by atoms with van der Waals surface area (Å²) in [7, 11) is 0. The van der Waals surface area contributed by atoms with Gasteiger partial charge >= 0.3 is 0 Å². The Morgan fingerprint density at radius 2 is 1.69 bits per heavy atom. The Hall–Kier alpha value is -2.21. The van der Waals surface area contributed by atoms with Gasteiger partial charge in [0, 0.05) is 29.8 Å². The molecule has 2 unspecified atom stereocenters. The van der Waals surface area contributed by atoms with Crippen molar-refractivity contribution < 1.29 is 14.4 Å². The van der Waals surface area contributed by atoms with Gasteiger partial charge in [-0.2, -0.15) is 0 Å². The second-order valence-electron chi connectivity index (χ2n) is 11.4. The van der Waals surface area contributed by atoms with Crippen LogP contribution in [-0.2, 0) is 9.59 Å². The van der Waals surface area contributed by atoms with Crippen LogP contribution in [0.5, 0.6) is 0 Å². The van der Waals surface area contributed by atoms with Gasteiger partial charge in [-0.1, -0.05) is 20.8 Å². The summed E-state index contributed by atoms with van der Waals surface area (Å²) in [6.07, 6.45) is 4.98. The average molecular weight is 440 g/mol. The highest BCUT2D eigenvalue weighted by molar-refractivity contribution is 5.96. The number of hydrogen-bond donors (Lipinski definition) is 1. The van der Waals surface area contributed by atoms with E-state index in [9.17, 15) is 14.4 Å². The highest BCUT2D eigenvalue weighted by Gasteiger charge is 2.51. The van der Waals surface area contributed by atoms with E-state index in [1.165, 1.54) is 0 Å². The van der Waals surface area contributed by atoms with Crippen LogP contribution in [0.1, 0.15) is 70.2 Å². The predicted molar refractivity (Wildman–Crippen MR) is 125 cm³/mol. The molecule has 6 nitrogen and oxygen atoms in total. The minimum absolute atomic E-state index is 0.0613. The van der Waals surface area contributed by atoms with Crippen LogP contribution in [-0.4, -0.2) is 59.6 Å². The summed E-state index contributed by atoms with van der Waals surface area (Å²) in [6.45, 7) is 11.3. The van der Waals surface area contributed by atoms with E-state index in [-0.39, 0.29) is 34.3 Å². The minimum Gasteiger partial charge on any atom is -0.335 e. The lowest BCUT2D eigenvalue weighted by Crippen LogP contribution is -2.40. The zero-order valence-corrected chi connectivity index (χ0v) is 19.9. The van der Waals surface area contributed by atoms with Gasteiger partial charge in [0.2, 0.25) is 5.91 Å². The molecule has 2 saturated heterocycles. The Balaban J connectivity index is 1.31. The Bertz CT molecular complexity index is 886. The van der Waals surface area contributed by atoms with Crippen LogP contribution in [0.25, 0.3) is 0 Å². The van der Waals surface area contributed by atoms with Crippen LogP contribution in [0.15, 0.2) is 24.3 Å². The Labute approximate surface area is 191 Å². The molecule has 2 amide bonds. The Kier molecular flexibility index (Phi) is 6.19. The third-order valence-corrected chi connectivity index (χ3v) is 7.62. The van der Waals surface area contributed by atoms with Crippen molar-refractivity contribution in [2.75, 3.05) is 31.5 Å². The minimum atomic E-state index is -0.0613. The largest absolute Gasteiger partial charge is 0.335 e. The zero-order chi connectivity index (χ0) is 23.1. The summed E-state index contributed by atoms with van der Waals surface area (Å²) in [5, 5.41) is 2.94. The molecule has 2 atom stereocenters. The first kappa shape index (κ1) is 23.0. The maximum Gasteiger partial charge on any atom is 0.254 e. The standard InChI is InChI=1S/C26H37N3O3/c1-18(30)19-9-11-28(12-10-19)15-23(31)27-21-7-5-20(6-8-21)24(32)29-17-26(4)14-22(29)13-25(2,3)16-26/h5-8,19,22H,9-17H2,1-4H3,(H,27,31). The SMILES string of the molecule is CC(=O)C1CCN(CC(=O)Nc2ccc(C(=O)N3CC4(C)CC3CC(C)(C)C4)cc2)CC1. The van der Waals surface area contributed by atoms with Crippen molar-refractivity contribution in [1.82, 2.24) is 9.80 Å². The molecule has 1 aliphatic carbocycles. The van der Waals surface area contributed by atoms with Crippen LogP contribution >= 0.6 is 0 Å². The van der Waals surface area contributed by atoms with Gasteiger partial charge in [0.1, 0.15) is 5.78 Å². The fraction of sp³-hybridized carbons (Fsp3) is 0.654. The third kappa shape index (κ3) is 5.06. The fourth-order valence-corrected chi connectivity index (χ4v) is 6.46. The quantitative estimate of drug-likeness (QED) is 0.754. The normalized spacial score (nSPS) is 27.9. The molecule has 0 radical (unpaired) electrons. The molecule has 2 heterocycles. The van der Waals surface area contributed by atoms with Gasteiger partial charge in [0.15, 0.2) is 0 Å². The van der Waals surface area contributed by atoms with Crippen molar-refractivity contribution in [2.24, 2.45) is 16.7 Å². The van der Waals surface area contributed by atoms with E-state index in [1.807, 2.05) is 24.3 Å². The second-order valence-corrected chi connectivity index (χ2v) is 11.4. The van der Waals surface area contributed by atoms with Crippen molar-refractivity contribution in [2.45, 2.75) is 65.8 Å². The van der Waals surface area contributed by atoms with Crippen molar-refractivity contribution in [1.29, 1.82) is 0 Å². The number of nitrogens with one attached hydrogen (secondary N) is 1. The molecular formula is C26H37N3O3. The lowest BCUT2D eigenvalue weighted by molar-refractivity contribution is -0.122. The summed E-state index contributed by atoms with van der Waals surface area (Å²) in [5.41, 5.74) is 1.89. The van der Waals surface area contributed by atoms with Crippen LogP contribution in [0.4, 0.5) is 5.69 Å². The highest BCUT2D eigenvalue weighted by Crippen LogP contribution is 2.52. The molecule has 1 saturated carbocycles. The van der Waals surface area contributed by atoms with Crippen LogP contribution < -0.4 is 5.32 Å². The molecule has 1 aromatic carbocycles. The Morgan fingerprint density at radius 3 is 2.31 bits per heavy atom.